The van der Waals surface area contributed by atoms with Gasteiger partial charge in [-0.05, 0) is 66.8 Å². The molecule has 4 nitrogen and oxygen atoms in total. The van der Waals surface area contributed by atoms with E-state index in [-0.39, 0.29) is 24.5 Å². The van der Waals surface area contributed by atoms with Crippen molar-refractivity contribution in [1.82, 2.24) is 9.88 Å². The molecule has 1 N–H and O–H groups in total. The van der Waals surface area contributed by atoms with Crippen LogP contribution in [0.1, 0.15) is 53.6 Å². The summed E-state index contributed by atoms with van der Waals surface area (Å²) >= 11 is 0. The summed E-state index contributed by atoms with van der Waals surface area (Å²) in [5.41, 5.74) is 4.65. The number of nitrogens with one attached hydrogen (secondary N) is 1. The van der Waals surface area contributed by atoms with Crippen LogP contribution in [-0.2, 0) is 24.2 Å². The molecule has 0 bridgehead atoms. The number of carbonyl (C=O) groups excluding carboxylic acids is 2. The summed E-state index contributed by atoms with van der Waals surface area (Å²) in [4.78, 5) is 24.6. The van der Waals surface area contributed by atoms with Gasteiger partial charge in [0, 0.05) is 43.2 Å². The van der Waals surface area contributed by atoms with Crippen molar-refractivity contribution in [3.05, 3.63) is 71.4 Å². The Hall–Kier alpha value is -2.88. The number of ketones is 1. The van der Waals surface area contributed by atoms with Gasteiger partial charge in [-0.1, -0.05) is 30.3 Å². The van der Waals surface area contributed by atoms with Gasteiger partial charge in [0.2, 0.25) is 5.91 Å². The molecule has 1 aromatic heterocycles. The summed E-state index contributed by atoms with van der Waals surface area (Å²) in [6.45, 7) is 1.49. The first-order valence-electron chi connectivity index (χ1n) is 10.7. The number of rotatable bonds is 8. The van der Waals surface area contributed by atoms with Crippen molar-refractivity contribution in [2.24, 2.45) is 0 Å². The molecule has 2 aromatic carbocycles. The highest BCUT2D eigenvalue weighted by molar-refractivity contribution is 5.98. The molecule has 0 aliphatic heterocycles. The number of fused-ring (bicyclic) bond motifs is 2. The fraction of sp³-hybridized carbons (Fsp3) is 0.360. The number of para-hydroxylation sites is 1. The summed E-state index contributed by atoms with van der Waals surface area (Å²) < 4.78 is 2.21. The molecular weight excluding hydrogens is 360 g/mol. The van der Waals surface area contributed by atoms with E-state index in [4.69, 9.17) is 0 Å². The van der Waals surface area contributed by atoms with Crippen molar-refractivity contribution >= 4 is 22.6 Å². The van der Waals surface area contributed by atoms with Crippen LogP contribution in [0, 0.1) is 0 Å². The lowest BCUT2D eigenvalue weighted by Crippen LogP contribution is -2.25. The van der Waals surface area contributed by atoms with E-state index in [9.17, 15) is 9.59 Å². The minimum Gasteiger partial charge on any atom is -0.356 e. The molecule has 4 rings (SSSR count). The summed E-state index contributed by atoms with van der Waals surface area (Å²) in [6, 6.07) is 16.5. The van der Waals surface area contributed by atoms with Gasteiger partial charge in [0.05, 0.1) is 0 Å². The molecule has 1 heterocycles. The maximum Gasteiger partial charge on any atom is 0.220 e. The van der Waals surface area contributed by atoms with Crippen LogP contribution in [0.4, 0.5) is 0 Å². The number of nitrogens with zero attached hydrogens (tertiary/aromatic N) is 1. The first-order valence-corrected chi connectivity index (χ1v) is 10.7. The molecule has 0 fully saturated rings. The molecule has 4 heteroatoms. The Morgan fingerprint density at radius 3 is 2.66 bits per heavy atom. The Morgan fingerprint density at radius 2 is 1.76 bits per heavy atom. The van der Waals surface area contributed by atoms with Gasteiger partial charge in [-0.3, -0.25) is 9.59 Å². The number of carbonyl (C=O) groups is 2. The van der Waals surface area contributed by atoms with E-state index in [2.05, 4.69) is 40.3 Å². The predicted octanol–water partition coefficient (Wildman–Crippen LogP) is 4.69. The van der Waals surface area contributed by atoms with E-state index < -0.39 is 0 Å². The SMILES string of the molecule is O=C(CCC(=O)c1ccc2c(c1)CCCC2)NCCCn1ccc2ccccc21. The quantitative estimate of drug-likeness (QED) is 0.450. The second kappa shape index (κ2) is 9.08. The van der Waals surface area contributed by atoms with E-state index in [0.717, 1.165) is 31.4 Å². The van der Waals surface area contributed by atoms with Gasteiger partial charge >= 0.3 is 0 Å². The fourth-order valence-corrected chi connectivity index (χ4v) is 4.18. The summed E-state index contributed by atoms with van der Waals surface area (Å²) in [5.74, 6) is 0.0148. The zero-order chi connectivity index (χ0) is 20.1. The number of benzene rings is 2. The Labute approximate surface area is 171 Å². The Kier molecular flexibility index (Phi) is 6.09. The average Bonchev–Trinajstić information content (AvgIpc) is 3.18. The molecule has 150 valence electrons. The topological polar surface area (TPSA) is 51.1 Å². The van der Waals surface area contributed by atoms with Crippen molar-refractivity contribution < 1.29 is 9.59 Å². The average molecular weight is 389 g/mol. The number of hydrogen-bond acceptors (Lipinski definition) is 2. The van der Waals surface area contributed by atoms with Crippen molar-refractivity contribution in [1.29, 1.82) is 0 Å². The van der Waals surface area contributed by atoms with E-state index >= 15 is 0 Å². The minimum atomic E-state index is -0.0475. The molecule has 1 aliphatic carbocycles. The number of Topliss-reactive ketones (excluding diaryl/α,β-unsaturated/α-hetero) is 1. The van der Waals surface area contributed by atoms with Crippen LogP contribution in [0.2, 0.25) is 0 Å². The summed E-state index contributed by atoms with van der Waals surface area (Å²) in [7, 11) is 0. The fourth-order valence-electron chi connectivity index (χ4n) is 4.18. The Morgan fingerprint density at radius 1 is 0.931 bits per heavy atom. The van der Waals surface area contributed by atoms with Crippen LogP contribution in [-0.4, -0.2) is 22.8 Å². The lowest BCUT2D eigenvalue weighted by atomic mass is 9.89. The lowest BCUT2D eigenvalue weighted by molar-refractivity contribution is -0.121. The highest BCUT2D eigenvalue weighted by Crippen LogP contribution is 2.23. The molecule has 3 aromatic rings. The van der Waals surface area contributed by atoms with Crippen LogP contribution in [0.3, 0.4) is 0 Å². The predicted molar refractivity (Wildman–Crippen MR) is 116 cm³/mol. The normalized spacial score (nSPS) is 13.2. The van der Waals surface area contributed by atoms with Crippen molar-refractivity contribution in [3.8, 4) is 0 Å². The van der Waals surface area contributed by atoms with Gasteiger partial charge in [0.25, 0.3) is 0 Å². The van der Waals surface area contributed by atoms with Gasteiger partial charge in [0.15, 0.2) is 5.78 Å². The van der Waals surface area contributed by atoms with Gasteiger partial charge in [-0.25, -0.2) is 0 Å². The maximum absolute atomic E-state index is 12.5. The van der Waals surface area contributed by atoms with E-state index in [1.807, 2.05) is 24.3 Å². The molecule has 0 atom stereocenters. The van der Waals surface area contributed by atoms with Crippen LogP contribution in [0.25, 0.3) is 10.9 Å². The maximum atomic E-state index is 12.5. The number of aryl methyl sites for hydroxylation is 3. The van der Waals surface area contributed by atoms with E-state index in [1.165, 1.54) is 34.9 Å². The van der Waals surface area contributed by atoms with E-state index in [0.29, 0.717) is 6.54 Å². The highest BCUT2D eigenvalue weighted by Gasteiger charge is 2.14. The number of amides is 1. The summed E-state index contributed by atoms with van der Waals surface area (Å²) in [5, 5.41) is 4.18. The third-order valence-electron chi connectivity index (χ3n) is 5.83. The van der Waals surface area contributed by atoms with Crippen molar-refractivity contribution in [2.45, 2.75) is 51.5 Å². The summed E-state index contributed by atoms with van der Waals surface area (Å²) in [6.07, 6.45) is 8.09. The van der Waals surface area contributed by atoms with Crippen LogP contribution in [0.15, 0.2) is 54.7 Å². The first kappa shape index (κ1) is 19.4. The van der Waals surface area contributed by atoms with Crippen molar-refractivity contribution in [2.75, 3.05) is 6.54 Å². The van der Waals surface area contributed by atoms with E-state index in [1.54, 1.807) is 0 Å². The molecule has 0 saturated heterocycles. The molecule has 0 spiro atoms. The van der Waals surface area contributed by atoms with Crippen LogP contribution >= 0.6 is 0 Å². The van der Waals surface area contributed by atoms with Crippen LogP contribution < -0.4 is 5.32 Å². The second-order valence-corrected chi connectivity index (χ2v) is 7.89. The van der Waals surface area contributed by atoms with Crippen LogP contribution in [0.5, 0.6) is 0 Å². The molecular formula is C25H28N2O2. The molecule has 29 heavy (non-hydrogen) atoms. The van der Waals surface area contributed by atoms with Gasteiger partial charge in [0.1, 0.15) is 0 Å². The monoisotopic (exact) mass is 388 g/mol. The molecule has 0 unspecified atom stereocenters. The minimum absolute atomic E-state index is 0.0475. The van der Waals surface area contributed by atoms with Gasteiger partial charge < -0.3 is 9.88 Å². The molecule has 1 amide bonds. The number of aromatic nitrogens is 1. The smallest absolute Gasteiger partial charge is 0.220 e. The second-order valence-electron chi connectivity index (χ2n) is 7.89. The molecule has 0 radical (unpaired) electrons. The zero-order valence-electron chi connectivity index (χ0n) is 16.8. The third-order valence-corrected chi connectivity index (χ3v) is 5.83. The molecule has 1 aliphatic rings. The standard InChI is InChI=1S/C25H28N2O2/c28-24(22-11-10-19-6-1-2-8-21(19)18-22)12-13-25(29)26-15-5-16-27-17-14-20-7-3-4-9-23(20)27/h3-4,7,9-11,14,17-18H,1-2,5-6,8,12-13,15-16H2,(H,26,29). The zero-order valence-corrected chi connectivity index (χ0v) is 16.8. The third kappa shape index (κ3) is 4.76. The Balaban J connectivity index is 1.19. The highest BCUT2D eigenvalue weighted by atomic mass is 16.2. The van der Waals surface area contributed by atoms with Gasteiger partial charge in [-0.15, -0.1) is 0 Å². The first-order chi connectivity index (χ1) is 14.2. The molecule has 0 saturated carbocycles. The van der Waals surface area contributed by atoms with Crippen molar-refractivity contribution in [3.63, 3.8) is 0 Å². The Bertz CT molecular complexity index is 1020. The lowest BCUT2D eigenvalue weighted by Gasteiger charge is -2.16. The largest absolute Gasteiger partial charge is 0.356 e. The number of hydrogen-bond donors (Lipinski definition) is 1. The van der Waals surface area contributed by atoms with Gasteiger partial charge in [-0.2, -0.15) is 0 Å².